The van der Waals surface area contributed by atoms with E-state index in [0.717, 1.165) is 35.3 Å². The molecule has 4 rings (SSSR count). The number of nitriles is 1. The van der Waals surface area contributed by atoms with Crippen LogP contribution in [0.2, 0.25) is 0 Å². The lowest BCUT2D eigenvalue weighted by molar-refractivity contribution is 0.481. The third kappa shape index (κ3) is 2.31. The Balaban J connectivity index is 1.79. The highest BCUT2D eigenvalue weighted by molar-refractivity contribution is 8.26. The van der Waals surface area contributed by atoms with Crippen LogP contribution in [0.3, 0.4) is 0 Å². The minimum Gasteiger partial charge on any atom is -0.264 e. The maximum absolute atomic E-state index is 10.6. The summed E-state index contributed by atoms with van der Waals surface area (Å²) in [5.74, 6) is 0.542. The SMILES string of the molecule is CN1c2cc(-c3ccncc3C#N)ccc2N(CC2CC2)S1(O)O. The zero-order valence-corrected chi connectivity index (χ0v) is 14.1. The molecule has 1 aliphatic carbocycles. The molecular formula is C17H18N4O2S. The van der Waals surface area contributed by atoms with Gasteiger partial charge in [-0.3, -0.25) is 22.7 Å². The van der Waals surface area contributed by atoms with Gasteiger partial charge in [-0.2, -0.15) is 5.26 Å². The zero-order chi connectivity index (χ0) is 16.9. The largest absolute Gasteiger partial charge is 0.264 e. The van der Waals surface area contributed by atoms with Crippen LogP contribution in [0.5, 0.6) is 0 Å². The molecule has 1 aliphatic heterocycles. The van der Waals surface area contributed by atoms with Crippen LogP contribution in [0, 0.1) is 17.2 Å². The molecule has 2 heterocycles. The second kappa shape index (κ2) is 5.38. The summed E-state index contributed by atoms with van der Waals surface area (Å²) >= 11 is 0. The molecule has 7 heteroatoms. The Labute approximate surface area is 142 Å². The number of nitrogens with zero attached hydrogens (tertiary/aromatic N) is 4. The maximum Gasteiger partial charge on any atom is 0.101 e. The molecule has 0 spiro atoms. The topological polar surface area (TPSA) is 83.6 Å². The summed E-state index contributed by atoms with van der Waals surface area (Å²) in [6.07, 6.45) is 5.48. The number of hydrogen-bond acceptors (Lipinski definition) is 6. The van der Waals surface area contributed by atoms with Gasteiger partial charge in [0.2, 0.25) is 0 Å². The monoisotopic (exact) mass is 342 g/mol. The first-order valence-electron chi connectivity index (χ1n) is 7.80. The number of anilines is 2. The standard InChI is InChI=1S/C17H18N4O2S/c1-20-17-8-13(15-6-7-19-10-14(15)9-18)4-5-16(17)21(24(20,22)23)11-12-2-3-12/h4-8,10,12,22-23H,2-3,11H2,1H3. The van der Waals surface area contributed by atoms with Crippen molar-refractivity contribution in [3.8, 4) is 17.2 Å². The third-order valence-corrected chi connectivity index (χ3v) is 6.49. The molecule has 0 unspecified atom stereocenters. The molecule has 1 fully saturated rings. The molecule has 0 bridgehead atoms. The Morgan fingerprint density at radius 2 is 2.08 bits per heavy atom. The van der Waals surface area contributed by atoms with Crippen molar-refractivity contribution in [2.24, 2.45) is 5.92 Å². The van der Waals surface area contributed by atoms with Gasteiger partial charge in [-0.1, -0.05) is 6.07 Å². The first-order valence-corrected chi connectivity index (χ1v) is 9.27. The molecule has 0 atom stereocenters. The summed E-state index contributed by atoms with van der Waals surface area (Å²) in [6, 6.07) is 9.69. The summed E-state index contributed by atoms with van der Waals surface area (Å²) < 4.78 is 24.5. The van der Waals surface area contributed by atoms with Crippen LogP contribution in [-0.4, -0.2) is 27.7 Å². The Morgan fingerprint density at radius 1 is 1.29 bits per heavy atom. The zero-order valence-electron chi connectivity index (χ0n) is 13.3. The Hall–Kier alpha value is -2.27. The van der Waals surface area contributed by atoms with E-state index < -0.39 is 11.0 Å². The normalized spacial score (nSPS) is 19.8. The van der Waals surface area contributed by atoms with Crippen molar-refractivity contribution in [2.45, 2.75) is 12.8 Å². The summed E-state index contributed by atoms with van der Waals surface area (Å²) in [4.78, 5) is 3.99. The van der Waals surface area contributed by atoms with Gasteiger partial charge in [0.25, 0.3) is 0 Å². The Bertz CT molecular complexity index is 845. The van der Waals surface area contributed by atoms with Crippen LogP contribution in [0.1, 0.15) is 18.4 Å². The van der Waals surface area contributed by atoms with E-state index in [1.165, 1.54) is 0 Å². The molecule has 0 saturated heterocycles. The summed E-state index contributed by atoms with van der Waals surface area (Å²) in [6.45, 7) is 0.664. The molecule has 1 saturated carbocycles. The van der Waals surface area contributed by atoms with Gasteiger partial charge in [0, 0.05) is 31.5 Å². The second-order valence-corrected chi connectivity index (χ2v) is 8.20. The van der Waals surface area contributed by atoms with Gasteiger partial charge in [-0.15, -0.1) is 0 Å². The fourth-order valence-corrected chi connectivity index (χ4v) is 4.57. The summed E-state index contributed by atoms with van der Waals surface area (Å²) in [5.41, 5.74) is 3.76. The van der Waals surface area contributed by atoms with Crippen molar-refractivity contribution in [1.29, 1.82) is 5.26 Å². The predicted octanol–water partition coefficient (Wildman–Crippen LogP) is 3.87. The van der Waals surface area contributed by atoms with E-state index >= 15 is 0 Å². The smallest absolute Gasteiger partial charge is 0.101 e. The van der Waals surface area contributed by atoms with Gasteiger partial charge in [0.1, 0.15) is 6.07 Å². The quantitative estimate of drug-likeness (QED) is 0.881. The van der Waals surface area contributed by atoms with E-state index in [1.807, 2.05) is 18.2 Å². The molecule has 0 amide bonds. The summed E-state index contributed by atoms with van der Waals surface area (Å²) in [7, 11) is -1.31. The molecular weight excluding hydrogens is 324 g/mol. The molecule has 2 aliphatic rings. The van der Waals surface area contributed by atoms with E-state index in [2.05, 4.69) is 11.1 Å². The first kappa shape index (κ1) is 15.3. The van der Waals surface area contributed by atoms with E-state index in [0.29, 0.717) is 18.0 Å². The average Bonchev–Trinajstić information content (AvgIpc) is 3.39. The lowest BCUT2D eigenvalue weighted by Gasteiger charge is -2.42. The van der Waals surface area contributed by atoms with Gasteiger partial charge >= 0.3 is 0 Å². The molecule has 1 aromatic heterocycles. The fraction of sp³-hybridized carbons (Fsp3) is 0.294. The summed E-state index contributed by atoms with van der Waals surface area (Å²) in [5, 5.41) is 9.27. The first-order chi connectivity index (χ1) is 11.5. The van der Waals surface area contributed by atoms with Gasteiger partial charge in [0.05, 0.1) is 16.9 Å². The van der Waals surface area contributed by atoms with Crippen molar-refractivity contribution in [1.82, 2.24) is 4.98 Å². The number of pyridine rings is 1. The fourth-order valence-electron chi connectivity index (χ4n) is 3.03. The van der Waals surface area contributed by atoms with Crippen molar-refractivity contribution in [3.63, 3.8) is 0 Å². The molecule has 24 heavy (non-hydrogen) atoms. The highest BCUT2D eigenvalue weighted by Crippen LogP contribution is 2.61. The van der Waals surface area contributed by atoms with E-state index in [9.17, 15) is 14.4 Å². The highest BCUT2D eigenvalue weighted by atomic mass is 32.3. The predicted molar refractivity (Wildman–Crippen MR) is 95.7 cm³/mol. The van der Waals surface area contributed by atoms with Crippen LogP contribution in [-0.2, 0) is 0 Å². The van der Waals surface area contributed by atoms with Gasteiger partial charge < -0.3 is 0 Å². The Kier molecular flexibility index (Phi) is 3.42. The van der Waals surface area contributed by atoms with Crippen LogP contribution in [0.4, 0.5) is 11.4 Å². The molecule has 2 N–H and O–H groups in total. The van der Waals surface area contributed by atoms with Crippen molar-refractivity contribution in [2.75, 3.05) is 22.2 Å². The highest BCUT2D eigenvalue weighted by Gasteiger charge is 2.41. The average molecular weight is 342 g/mol. The molecule has 124 valence electrons. The third-order valence-electron chi connectivity index (χ3n) is 4.62. The van der Waals surface area contributed by atoms with E-state index in [1.54, 1.807) is 34.1 Å². The Morgan fingerprint density at radius 3 is 2.79 bits per heavy atom. The van der Waals surface area contributed by atoms with Gasteiger partial charge in [0.15, 0.2) is 0 Å². The van der Waals surface area contributed by atoms with Gasteiger partial charge in [-0.25, -0.2) is 0 Å². The van der Waals surface area contributed by atoms with E-state index in [4.69, 9.17) is 0 Å². The lowest BCUT2D eigenvalue weighted by atomic mass is 10.0. The van der Waals surface area contributed by atoms with Crippen LogP contribution in [0.15, 0.2) is 36.7 Å². The molecule has 6 nitrogen and oxygen atoms in total. The second-order valence-electron chi connectivity index (χ2n) is 6.23. The van der Waals surface area contributed by atoms with Crippen molar-refractivity contribution in [3.05, 3.63) is 42.2 Å². The van der Waals surface area contributed by atoms with Crippen molar-refractivity contribution < 1.29 is 9.11 Å². The number of rotatable bonds is 3. The van der Waals surface area contributed by atoms with Crippen LogP contribution in [0.25, 0.3) is 11.1 Å². The number of fused-ring (bicyclic) bond motifs is 1. The number of benzene rings is 1. The molecule has 0 radical (unpaired) electrons. The number of hydrogen-bond donors (Lipinski definition) is 2. The minimum absolute atomic E-state index is 0.500. The molecule has 2 aromatic rings. The lowest BCUT2D eigenvalue weighted by Crippen LogP contribution is -2.32. The van der Waals surface area contributed by atoms with Crippen LogP contribution >= 0.6 is 11.0 Å². The van der Waals surface area contributed by atoms with E-state index in [-0.39, 0.29) is 0 Å². The van der Waals surface area contributed by atoms with Crippen LogP contribution < -0.4 is 8.61 Å². The maximum atomic E-state index is 10.6. The van der Waals surface area contributed by atoms with Gasteiger partial charge in [-0.05, 0) is 53.5 Å². The minimum atomic E-state index is -3.01. The van der Waals surface area contributed by atoms with Crippen molar-refractivity contribution >= 4 is 22.3 Å². The molecule has 1 aromatic carbocycles. The number of aromatic nitrogens is 1.